The number of methoxy groups -OCH3 is 1. The van der Waals surface area contributed by atoms with Crippen molar-refractivity contribution in [2.75, 3.05) is 20.2 Å². The van der Waals surface area contributed by atoms with E-state index in [1.54, 1.807) is 53.7 Å². The quantitative estimate of drug-likeness (QED) is 0.414. The fourth-order valence-electron chi connectivity index (χ4n) is 3.37. The summed E-state index contributed by atoms with van der Waals surface area (Å²) < 4.78 is 5.23. The highest BCUT2D eigenvalue weighted by Crippen LogP contribution is 2.20. The van der Waals surface area contributed by atoms with E-state index in [0.717, 1.165) is 10.4 Å². The van der Waals surface area contributed by atoms with Crippen LogP contribution in [0.3, 0.4) is 0 Å². The van der Waals surface area contributed by atoms with Gasteiger partial charge in [-0.1, -0.05) is 42.5 Å². The molecule has 0 radical (unpaired) electrons. The molecule has 2 amide bonds. The SMILES string of the molecule is C=CCN(CC(=O)N(Cc1ccccc1)Cc1ccc(C)s1)C(=O)c1cccc(OC)c1. The lowest BCUT2D eigenvalue weighted by Crippen LogP contribution is -2.42. The number of rotatable bonds is 10. The molecule has 6 heteroatoms. The lowest BCUT2D eigenvalue weighted by Gasteiger charge is -2.27. The molecule has 0 unspecified atom stereocenters. The van der Waals surface area contributed by atoms with Gasteiger partial charge in [-0.2, -0.15) is 0 Å². The molecule has 1 aromatic heterocycles. The number of carbonyl (C=O) groups excluding carboxylic acids is 2. The molecule has 5 nitrogen and oxygen atoms in total. The zero-order valence-electron chi connectivity index (χ0n) is 18.5. The molecule has 2 aromatic carbocycles. The van der Waals surface area contributed by atoms with Crippen LogP contribution in [0.15, 0.2) is 79.4 Å². The van der Waals surface area contributed by atoms with Crippen LogP contribution in [0.1, 0.15) is 25.7 Å². The Morgan fingerprint density at radius 3 is 2.44 bits per heavy atom. The molecule has 0 saturated heterocycles. The summed E-state index contributed by atoms with van der Waals surface area (Å²) in [7, 11) is 1.56. The third-order valence-electron chi connectivity index (χ3n) is 4.99. The lowest BCUT2D eigenvalue weighted by molar-refractivity contribution is -0.133. The fraction of sp³-hybridized carbons (Fsp3) is 0.231. The van der Waals surface area contributed by atoms with E-state index < -0.39 is 0 Å². The van der Waals surface area contributed by atoms with E-state index in [0.29, 0.717) is 24.4 Å². The van der Waals surface area contributed by atoms with Gasteiger partial charge in [0.05, 0.1) is 13.7 Å². The van der Waals surface area contributed by atoms with Crippen LogP contribution in [0, 0.1) is 6.92 Å². The summed E-state index contributed by atoms with van der Waals surface area (Å²) in [5.74, 6) is 0.251. The third-order valence-corrected chi connectivity index (χ3v) is 5.98. The molecule has 3 rings (SSSR count). The van der Waals surface area contributed by atoms with Crippen LogP contribution >= 0.6 is 11.3 Å². The lowest BCUT2D eigenvalue weighted by atomic mass is 10.1. The van der Waals surface area contributed by atoms with Gasteiger partial charge in [-0.25, -0.2) is 0 Å². The van der Waals surface area contributed by atoms with Crippen LogP contribution in [0.4, 0.5) is 0 Å². The van der Waals surface area contributed by atoms with Gasteiger partial charge >= 0.3 is 0 Å². The van der Waals surface area contributed by atoms with Crippen molar-refractivity contribution in [3.63, 3.8) is 0 Å². The number of nitrogens with zero attached hydrogens (tertiary/aromatic N) is 2. The van der Waals surface area contributed by atoms with Gasteiger partial charge in [-0.05, 0) is 42.8 Å². The predicted octanol–water partition coefficient (Wildman–Crippen LogP) is 4.92. The first-order valence-electron chi connectivity index (χ1n) is 10.4. The van der Waals surface area contributed by atoms with Crippen LogP contribution in [-0.4, -0.2) is 41.8 Å². The number of hydrogen-bond acceptors (Lipinski definition) is 4. The van der Waals surface area contributed by atoms with E-state index in [1.165, 1.54) is 9.78 Å². The summed E-state index contributed by atoms with van der Waals surface area (Å²) in [6.45, 7) is 7.04. The van der Waals surface area contributed by atoms with Crippen LogP contribution in [0.25, 0.3) is 0 Å². The van der Waals surface area contributed by atoms with Gasteiger partial charge in [0, 0.05) is 28.4 Å². The largest absolute Gasteiger partial charge is 0.497 e. The van der Waals surface area contributed by atoms with Crippen molar-refractivity contribution in [1.29, 1.82) is 0 Å². The molecule has 0 bridgehead atoms. The fourth-order valence-corrected chi connectivity index (χ4v) is 4.28. The Bertz CT molecular complexity index is 1060. The minimum atomic E-state index is -0.233. The normalized spacial score (nSPS) is 10.4. The maximum atomic E-state index is 13.4. The van der Waals surface area contributed by atoms with Crippen molar-refractivity contribution >= 4 is 23.2 Å². The molecular weight excluding hydrogens is 420 g/mol. The van der Waals surface area contributed by atoms with Gasteiger partial charge in [0.15, 0.2) is 0 Å². The number of thiophene rings is 1. The Labute approximate surface area is 193 Å². The third kappa shape index (κ3) is 6.31. The maximum Gasteiger partial charge on any atom is 0.254 e. The Morgan fingerprint density at radius 1 is 1.00 bits per heavy atom. The highest BCUT2D eigenvalue weighted by atomic mass is 32.1. The molecule has 0 saturated carbocycles. The topological polar surface area (TPSA) is 49.9 Å². The van der Waals surface area contributed by atoms with E-state index in [4.69, 9.17) is 4.74 Å². The van der Waals surface area contributed by atoms with Crippen molar-refractivity contribution in [1.82, 2.24) is 9.80 Å². The van der Waals surface area contributed by atoms with Crippen LogP contribution < -0.4 is 4.74 Å². The van der Waals surface area contributed by atoms with E-state index in [9.17, 15) is 9.59 Å². The molecule has 3 aromatic rings. The van der Waals surface area contributed by atoms with Crippen molar-refractivity contribution in [3.05, 3.63) is 100 Å². The smallest absolute Gasteiger partial charge is 0.254 e. The summed E-state index contributed by atoms with van der Waals surface area (Å²) in [5.41, 5.74) is 1.52. The second-order valence-corrected chi connectivity index (χ2v) is 8.83. The number of aryl methyl sites for hydroxylation is 1. The monoisotopic (exact) mass is 448 g/mol. The number of ether oxygens (including phenoxy) is 1. The molecule has 32 heavy (non-hydrogen) atoms. The first kappa shape index (κ1) is 23.3. The van der Waals surface area contributed by atoms with E-state index >= 15 is 0 Å². The summed E-state index contributed by atoms with van der Waals surface area (Å²) in [6, 6.07) is 20.9. The molecule has 0 aliphatic carbocycles. The molecule has 0 aliphatic rings. The zero-order valence-corrected chi connectivity index (χ0v) is 19.3. The van der Waals surface area contributed by atoms with E-state index in [2.05, 4.69) is 19.6 Å². The minimum Gasteiger partial charge on any atom is -0.497 e. The van der Waals surface area contributed by atoms with Gasteiger partial charge < -0.3 is 14.5 Å². The van der Waals surface area contributed by atoms with Gasteiger partial charge in [-0.15, -0.1) is 17.9 Å². The molecule has 1 heterocycles. The van der Waals surface area contributed by atoms with Gasteiger partial charge in [0.2, 0.25) is 5.91 Å². The first-order chi connectivity index (χ1) is 15.5. The Morgan fingerprint density at radius 2 is 1.78 bits per heavy atom. The second kappa shape index (κ2) is 11.3. The predicted molar refractivity (Wildman–Crippen MR) is 129 cm³/mol. The molecule has 0 spiro atoms. The molecule has 0 fully saturated rings. The Balaban J connectivity index is 1.80. The van der Waals surface area contributed by atoms with Crippen LogP contribution in [-0.2, 0) is 17.9 Å². The highest BCUT2D eigenvalue weighted by molar-refractivity contribution is 7.11. The molecule has 0 N–H and O–H groups in total. The summed E-state index contributed by atoms with van der Waals surface area (Å²) >= 11 is 1.68. The number of amides is 2. The Kier molecular flexibility index (Phi) is 8.22. The van der Waals surface area contributed by atoms with Crippen molar-refractivity contribution in [2.24, 2.45) is 0 Å². The van der Waals surface area contributed by atoms with Crippen molar-refractivity contribution < 1.29 is 14.3 Å². The average Bonchev–Trinajstić information content (AvgIpc) is 3.23. The average molecular weight is 449 g/mol. The minimum absolute atomic E-state index is 0.0285. The van der Waals surface area contributed by atoms with Crippen LogP contribution in [0.2, 0.25) is 0 Å². The van der Waals surface area contributed by atoms with Crippen LogP contribution in [0.5, 0.6) is 5.75 Å². The van der Waals surface area contributed by atoms with Gasteiger partial charge in [-0.3, -0.25) is 9.59 Å². The van der Waals surface area contributed by atoms with Gasteiger partial charge in [0.1, 0.15) is 12.3 Å². The Hall–Kier alpha value is -3.38. The number of hydrogen-bond donors (Lipinski definition) is 0. The summed E-state index contributed by atoms with van der Waals surface area (Å²) in [5, 5.41) is 0. The number of benzene rings is 2. The highest BCUT2D eigenvalue weighted by Gasteiger charge is 2.23. The summed E-state index contributed by atoms with van der Waals surface area (Å²) in [4.78, 5) is 32.1. The molecule has 0 atom stereocenters. The maximum absolute atomic E-state index is 13.4. The first-order valence-corrected chi connectivity index (χ1v) is 11.2. The summed E-state index contributed by atoms with van der Waals surface area (Å²) in [6.07, 6.45) is 1.63. The van der Waals surface area contributed by atoms with E-state index in [-0.39, 0.29) is 24.9 Å². The van der Waals surface area contributed by atoms with Crippen molar-refractivity contribution in [3.8, 4) is 5.75 Å². The second-order valence-electron chi connectivity index (χ2n) is 7.45. The zero-order chi connectivity index (χ0) is 22.9. The standard InChI is InChI=1S/C26H28N2O3S/c1-4-15-27(26(30)22-11-8-12-23(16-22)31-3)19-25(29)28(17-21-9-6-5-7-10-21)18-24-14-13-20(2)32-24/h4-14,16H,1,15,17-19H2,2-3H3. The van der Waals surface area contributed by atoms with Crippen molar-refractivity contribution in [2.45, 2.75) is 20.0 Å². The van der Waals surface area contributed by atoms with E-state index in [1.807, 2.05) is 36.4 Å². The van der Waals surface area contributed by atoms with Gasteiger partial charge in [0.25, 0.3) is 5.91 Å². The molecular formula is C26H28N2O3S. The molecule has 0 aliphatic heterocycles. The molecule has 166 valence electrons. The number of carbonyl (C=O) groups is 2.